The standard InChI is InChI=1S/C36H37FN6O8S/c1-21(2)33(38)34(45)50-22(3)51-36(46)43(29-16-15-28(52(5,47)48)19-30(29)49-4)35-40-31-17-10-25(20-42(31)41-35)24-8-13-27(14-9-24)39-32(44)18-23-6-11-26(37)12-7-23/h6-17,19-22,33H,18,38H2,1-5H3,(H,39,44). The van der Waals surface area contributed by atoms with Crippen LogP contribution in [0, 0.1) is 11.7 Å². The fourth-order valence-electron chi connectivity index (χ4n) is 4.97. The van der Waals surface area contributed by atoms with Crippen LogP contribution in [0.15, 0.2) is 90.0 Å². The highest BCUT2D eigenvalue weighted by Gasteiger charge is 2.31. The van der Waals surface area contributed by atoms with Gasteiger partial charge in [-0.2, -0.15) is 4.98 Å². The maximum Gasteiger partial charge on any atom is 0.424 e. The predicted octanol–water partition coefficient (Wildman–Crippen LogP) is 5.28. The molecular formula is C36H37FN6O8S. The second kappa shape index (κ2) is 15.6. The van der Waals surface area contributed by atoms with Gasteiger partial charge in [0.05, 0.1) is 24.1 Å². The zero-order valence-corrected chi connectivity index (χ0v) is 29.8. The Morgan fingerprint density at radius 1 is 0.942 bits per heavy atom. The predicted molar refractivity (Wildman–Crippen MR) is 190 cm³/mol. The zero-order chi connectivity index (χ0) is 37.7. The zero-order valence-electron chi connectivity index (χ0n) is 28.9. The van der Waals surface area contributed by atoms with Crippen molar-refractivity contribution < 1.29 is 41.4 Å². The third-order valence-electron chi connectivity index (χ3n) is 7.84. The summed E-state index contributed by atoms with van der Waals surface area (Å²) in [5, 5.41) is 7.34. The minimum absolute atomic E-state index is 0.00394. The molecule has 0 aliphatic heterocycles. The Labute approximate surface area is 299 Å². The normalized spacial score (nSPS) is 12.6. The molecular weight excluding hydrogens is 695 g/mol. The van der Waals surface area contributed by atoms with Crippen molar-refractivity contribution in [3.05, 3.63) is 96.4 Å². The van der Waals surface area contributed by atoms with Crippen LogP contribution in [0.2, 0.25) is 0 Å². The number of nitrogens with two attached hydrogens (primary N) is 1. The van der Waals surface area contributed by atoms with Crippen molar-refractivity contribution in [2.24, 2.45) is 11.7 Å². The first-order chi connectivity index (χ1) is 24.6. The van der Waals surface area contributed by atoms with Crippen LogP contribution in [0.4, 0.5) is 26.5 Å². The topological polar surface area (TPSA) is 185 Å². The summed E-state index contributed by atoms with van der Waals surface area (Å²) in [6.45, 7) is 4.83. The van der Waals surface area contributed by atoms with Crippen LogP contribution >= 0.6 is 0 Å². The molecule has 272 valence electrons. The van der Waals surface area contributed by atoms with Gasteiger partial charge in [0.1, 0.15) is 17.6 Å². The van der Waals surface area contributed by atoms with Gasteiger partial charge in [-0.15, -0.1) is 5.10 Å². The molecule has 52 heavy (non-hydrogen) atoms. The maximum absolute atomic E-state index is 13.8. The second-order valence-corrected chi connectivity index (χ2v) is 14.2. The summed E-state index contributed by atoms with van der Waals surface area (Å²) in [6, 6.07) is 19.2. The molecule has 5 aromatic rings. The third-order valence-corrected chi connectivity index (χ3v) is 8.95. The van der Waals surface area contributed by atoms with Gasteiger partial charge in [-0.05, 0) is 65.6 Å². The Balaban J connectivity index is 1.42. The molecule has 0 saturated heterocycles. The van der Waals surface area contributed by atoms with Crippen LogP contribution < -0.4 is 20.7 Å². The molecule has 3 N–H and O–H groups in total. The molecule has 2 atom stereocenters. The van der Waals surface area contributed by atoms with E-state index in [9.17, 15) is 27.2 Å². The molecule has 5 rings (SSSR count). The molecule has 0 fully saturated rings. The van der Waals surface area contributed by atoms with Crippen molar-refractivity contribution >= 4 is 50.8 Å². The van der Waals surface area contributed by atoms with Crippen LogP contribution in [0.5, 0.6) is 5.75 Å². The molecule has 0 radical (unpaired) electrons. The van der Waals surface area contributed by atoms with Crippen molar-refractivity contribution in [1.82, 2.24) is 14.6 Å². The molecule has 16 heteroatoms. The number of amides is 2. The smallest absolute Gasteiger partial charge is 0.424 e. The van der Waals surface area contributed by atoms with Gasteiger partial charge in [0.15, 0.2) is 15.5 Å². The number of carbonyl (C=O) groups is 3. The minimum atomic E-state index is -3.64. The lowest BCUT2D eigenvalue weighted by Crippen LogP contribution is -2.40. The Morgan fingerprint density at radius 3 is 2.25 bits per heavy atom. The lowest BCUT2D eigenvalue weighted by molar-refractivity contribution is -0.167. The summed E-state index contributed by atoms with van der Waals surface area (Å²) in [5.41, 5.74) is 9.01. The number of aromatic nitrogens is 3. The van der Waals surface area contributed by atoms with Crippen LogP contribution in [0.3, 0.4) is 0 Å². The fraction of sp³-hybridized carbons (Fsp3) is 0.250. The monoisotopic (exact) mass is 732 g/mol. The average molecular weight is 733 g/mol. The van der Waals surface area contributed by atoms with Gasteiger partial charge in [-0.3, -0.25) is 9.59 Å². The number of pyridine rings is 1. The summed E-state index contributed by atoms with van der Waals surface area (Å²) in [5.74, 6) is -1.79. The van der Waals surface area contributed by atoms with Crippen LogP contribution in [0.25, 0.3) is 16.8 Å². The lowest BCUT2D eigenvalue weighted by atomic mass is 10.1. The van der Waals surface area contributed by atoms with Crippen LogP contribution in [-0.2, 0) is 35.3 Å². The van der Waals surface area contributed by atoms with Crippen molar-refractivity contribution in [2.75, 3.05) is 23.6 Å². The van der Waals surface area contributed by atoms with Gasteiger partial charge >= 0.3 is 12.1 Å². The average Bonchev–Trinajstić information content (AvgIpc) is 3.51. The first-order valence-electron chi connectivity index (χ1n) is 16.0. The summed E-state index contributed by atoms with van der Waals surface area (Å²) in [7, 11) is -2.33. The fourth-order valence-corrected chi connectivity index (χ4v) is 5.61. The third kappa shape index (κ3) is 8.88. The van der Waals surface area contributed by atoms with Crippen molar-refractivity contribution in [2.45, 2.75) is 44.4 Å². The second-order valence-electron chi connectivity index (χ2n) is 12.2. The molecule has 14 nitrogen and oxygen atoms in total. The van der Waals surface area contributed by atoms with E-state index >= 15 is 0 Å². The van der Waals surface area contributed by atoms with E-state index < -0.39 is 34.2 Å². The van der Waals surface area contributed by atoms with E-state index in [4.69, 9.17) is 19.9 Å². The van der Waals surface area contributed by atoms with Gasteiger partial charge in [0.25, 0.3) is 5.95 Å². The molecule has 0 spiro atoms. The molecule has 0 saturated carbocycles. The number of nitrogens with one attached hydrogen (secondary N) is 1. The van der Waals surface area contributed by atoms with E-state index in [-0.39, 0.29) is 46.3 Å². The molecule has 2 aromatic heterocycles. The number of hydrogen-bond donors (Lipinski definition) is 2. The number of esters is 1. The Kier molecular flexibility index (Phi) is 11.2. The number of benzene rings is 3. The van der Waals surface area contributed by atoms with E-state index in [0.29, 0.717) is 16.9 Å². The highest BCUT2D eigenvalue weighted by molar-refractivity contribution is 7.90. The number of fused-ring (bicyclic) bond motifs is 1. The number of sulfone groups is 1. The molecule has 3 aromatic carbocycles. The van der Waals surface area contributed by atoms with Crippen LogP contribution in [0.1, 0.15) is 26.3 Å². The number of nitrogens with zero attached hydrogens (tertiary/aromatic N) is 4. The van der Waals surface area contributed by atoms with E-state index in [2.05, 4.69) is 15.4 Å². The van der Waals surface area contributed by atoms with E-state index in [1.54, 1.807) is 68.6 Å². The van der Waals surface area contributed by atoms with Gasteiger partial charge < -0.3 is 25.3 Å². The summed E-state index contributed by atoms with van der Waals surface area (Å²) in [4.78, 5) is 44.1. The van der Waals surface area contributed by atoms with Crippen molar-refractivity contribution in [3.63, 3.8) is 0 Å². The highest BCUT2D eigenvalue weighted by atomic mass is 32.2. The first kappa shape index (κ1) is 37.4. The summed E-state index contributed by atoms with van der Waals surface area (Å²) < 4.78 is 55.3. The SMILES string of the molecule is COc1cc(S(C)(=O)=O)ccc1N(C(=O)OC(C)OC(=O)C(N)C(C)C)c1nc2ccc(-c3ccc(NC(=O)Cc4ccc(F)cc4)cc3)cn2n1. The first-order valence-corrected chi connectivity index (χ1v) is 17.9. The number of methoxy groups -OCH3 is 1. The number of rotatable bonds is 12. The quantitative estimate of drug-likeness (QED) is 0.126. The minimum Gasteiger partial charge on any atom is -0.495 e. The van der Waals surface area contributed by atoms with Gasteiger partial charge in [-0.1, -0.05) is 38.1 Å². The summed E-state index contributed by atoms with van der Waals surface area (Å²) >= 11 is 0. The lowest BCUT2D eigenvalue weighted by Gasteiger charge is -2.24. The Morgan fingerprint density at radius 2 is 1.62 bits per heavy atom. The van der Waals surface area contributed by atoms with E-state index in [1.165, 1.54) is 48.9 Å². The Hall–Kier alpha value is -5.87. The van der Waals surface area contributed by atoms with Crippen molar-refractivity contribution in [1.29, 1.82) is 0 Å². The maximum atomic E-state index is 13.8. The van der Waals surface area contributed by atoms with Gasteiger partial charge in [0, 0.05) is 36.7 Å². The van der Waals surface area contributed by atoms with Gasteiger partial charge in [-0.25, -0.2) is 27.0 Å². The summed E-state index contributed by atoms with van der Waals surface area (Å²) in [6.07, 6.45) is 0.373. The number of anilines is 3. The molecule has 0 aliphatic rings. The van der Waals surface area contributed by atoms with Crippen molar-refractivity contribution in [3.8, 4) is 16.9 Å². The molecule has 0 bridgehead atoms. The number of ether oxygens (including phenoxy) is 3. The Bertz CT molecular complexity index is 2210. The number of hydrogen-bond acceptors (Lipinski definition) is 11. The highest BCUT2D eigenvalue weighted by Crippen LogP contribution is 2.36. The van der Waals surface area contributed by atoms with E-state index in [0.717, 1.165) is 22.3 Å². The number of carbonyl (C=O) groups excluding carboxylic acids is 3. The largest absolute Gasteiger partial charge is 0.495 e. The van der Waals surface area contributed by atoms with E-state index in [1.807, 2.05) is 0 Å². The van der Waals surface area contributed by atoms with Gasteiger partial charge in [0.2, 0.25) is 12.2 Å². The van der Waals surface area contributed by atoms with Crippen LogP contribution in [-0.4, -0.2) is 66.7 Å². The molecule has 2 heterocycles. The molecule has 0 aliphatic carbocycles. The molecule has 2 unspecified atom stereocenters. The number of halogens is 1. The molecule has 2 amide bonds.